The van der Waals surface area contributed by atoms with Gasteiger partial charge in [-0.3, -0.25) is 4.79 Å². The van der Waals surface area contributed by atoms with Crippen LogP contribution in [0.2, 0.25) is 0 Å². The highest BCUT2D eigenvalue weighted by molar-refractivity contribution is 5.85. The second-order valence-corrected chi connectivity index (χ2v) is 4.83. The molecule has 0 spiro atoms. The molecule has 0 saturated heterocycles. The summed E-state index contributed by atoms with van der Waals surface area (Å²) in [7, 11) is 1.82. The minimum atomic E-state index is -0.134. The molecule has 0 aliphatic carbocycles. The van der Waals surface area contributed by atoms with Gasteiger partial charge in [0.1, 0.15) is 0 Å². The van der Waals surface area contributed by atoms with Gasteiger partial charge in [0.05, 0.1) is 5.92 Å². The van der Waals surface area contributed by atoms with Gasteiger partial charge in [0.25, 0.3) is 0 Å². The van der Waals surface area contributed by atoms with E-state index >= 15 is 0 Å². The van der Waals surface area contributed by atoms with E-state index in [2.05, 4.69) is 31.2 Å². The predicted octanol–water partition coefficient (Wildman–Crippen LogP) is 2.36. The van der Waals surface area contributed by atoms with Crippen LogP contribution in [-0.4, -0.2) is 23.9 Å². The van der Waals surface area contributed by atoms with E-state index in [-0.39, 0.29) is 30.3 Å². The summed E-state index contributed by atoms with van der Waals surface area (Å²) in [5, 5.41) is 0. The fourth-order valence-electron chi connectivity index (χ4n) is 1.62. The third-order valence-corrected chi connectivity index (χ3v) is 3.09. The number of rotatable bonds is 4. The molecular formula is C14H23ClN2O. The molecule has 102 valence electrons. The largest absolute Gasteiger partial charge is 0.341 e. The van der Waals surface area contributed by atoms with Crippen molar-refractivity contribution in [3.63, 3.8) is 0 Å². The number of aryl methyl sites for hydroxylation is 1. The maximum absolute atomic E-state index is 12.0. The first-order chi connectivity index (χ1) is 7.91. The fourth-order valence-corrected chi connectivity index (χ4v) is 1.62. The first kappa shape index (κ1) is 16.9. The molecule has 0 saturated carbocycles. The molecule has 3 nitrogen and oxygen atoms in total. The van der Waals surface area contributed by atoms with E-state index in [1.54, 1.807) is 4.90 Å². The van der Waals surface area contributed by atoms with Gasteiger partial charge in [-0.2, -0.15) is 0 Å². The van der Waals surface area contributed by atoms with Crippen molar-refractivity contribution in [2.24, 2.45) is 11.7 Å². The Balaban J connectivity index is 0.00000289. The van der Waals surface area contributed by atoms with E-state index in [4.69, 9.17) is 5.73 Å². The highest BCUT2D eigenvalue weighted by Crippen LogP contribution is 2.10. The number of hydrogen-bond donors (Lipinski definition) is 1. The van der Waals surface area contributed by atoms with Crippen LogP contribution in [0, 0.1) is 12.8 Å². The molecule has 1 aromatic carbocycles. The number of amides is 1. The molecule has 0 heterocycles. The van der Waals surface area contributed by atoms with E-state index in [0.717, 1.165) is 5.56 Å². The molecule has 1 amide bonds. The summed E-state index contributed by atoms with van der Waals surface area (Å²) in [5.41, 5.74) is 8.11. The van der Waals surface area contributed by atoms with Crippen molar-refractivity contribution in [1.29, 1.82) is 0 Å². The van der Waals surface area contributed by atoms with Crippen LogP contribution in [-0.2, 0) is 11.3 Å². The van der Waals surface area contributed by atoms with Gasteiger partial charge in [0.2, 0.25) is 5.91 Å². The minimum Gasteiger partial charge on any atom is -0.341 e. The molecule has 2 N–H and O–H groups in total. The lowest BCUT2D eigenvalue weighted by molar-refractivity contribution is -0.134. The predicted molar refractivity (Wildman–Crippen MR) is 77.7 cm³/mol. The highest BCUT2D eigenvalue weighted by Gasteiger charge is 2.20. The van der Waals surface area contributed by atoms with Crippen LogP contribution in [0.5, 0.6) is 0 Å². The number of nitrogens with two attached hydrogens (primary N) is 1. The summed E-state index contributed by atoms with van der Waals surface area (Å²) in [6, 6.07) is 8.11. The van der Waals surface area contributed by atoms with Crippen LogP contribution in [0.1, 0.15) is 25.0 Å². The number of hydrogen-bond acceptors (Lipinski definition) is 2. The van der Waals surface area contributed by atoms with Gasteiger partial charge in [-0.25, -0.2) is 0 Å². The average molecular weight is 271 g/mol. The van der Waals surface area contributed by atoms with Crippen LogP contribution in [0.15, 0.2) is 24.3 Å². The van der Waals surface area contributed by atoms with Crippen molar-refractivity contribution >= 4 is 18.3 Å². The zero-order valence-corrected chi connectivity index (χ0v) is 12.3. The van der Waals surface area contributed by atoms with Crippen molar-refractivity contribution < 1.29 is 4.79 Å². The summed E-state index contributed by atoms with van der Waals surface area (Å²) in [4.78, 5) is 13.7. The van der Waals surface area contributed by atoms with Gasteiger partial charge >= 0.3 is 0 Å². The summed E-state index contributed by atoms with van der Waals surface area (Å²) in [6.45, 7) is 6.42. The van der Waals surface area contributed by atoms with Gasteiger partial charge in [-0.1, -0.05) is 36.8 Å². The van der Waals surface area contributed by atoms with E-state index in [0.29, 0.717) is 6.54 Å². The van der Waals surface area contributed by atoms with E-state index in [9.17, 15) is 4.79 Å². The van der Waals surface area contributed by atoms with Crippen molar-refractivity contribution in [1.82, 2.24) is 4.90 Å². The minimum absolute atomic E-state index is 0. The Kier molecular flexibility index (Phi) is 6.96. The van der Waals surface area contributed by atoms with Crippen LogP contribution < -0.4 is 5.73 Å². The van der Waals surface area contributed by atoms with Crippen molar-refractivity contribution in [2.45, 2.75) is 33.4 Å². The lowest BCUT2D eigenvalue weighted by Gasteiger charge is -2.23. The highest BCUT2D eigenvalue weighted by atomic mass is 35.5. The Bertz CT molecular complexity index is 376. The molecule has 2 atom stereocenters. The van der Waals surface area contributed by atoms with Crippen LogP contribution in [0.4, 0.5) is 0 Å². The number of carbonyl (C=O) groups excluding carboxylic acids is 1. The molecule has 18 heavy (non-hydrogen) atoms. The lowest BCUT2D eigenvalue weighted by Crippen LogP contribution is -2.39. The third kappa shape index (κ3) is 4.67. The molecule has 2 unspecified atom stereocenters. The summed E-state index contributed by atoms with van der Waals surface area (Å²) in [6.07, 6.45) is 0. The zero-order chi connectivity index (χ0) is 13.0. The van der Waals surface area contributed by atoms with Gasteiger partial charge in [0.15, 0.2) is 0 Å². The van der Waals surface area contributed by atoms with Gasteiger partial charge in [0, 0.05) is 19.6 Å². The van der Waals surface area contributed by atoms with E-state index in [1.807, 2.05) is 20.9 Å². The molecule has 0 aliphatic heterocycles. The van der Waals surface area contributed by atoms with Crippen LogP contribution in [0.25, 0.3) is 0 Å². The maximum Gasteiger partial charge on any atom is 0.226 e. The zero-order valence-electron chi connectivity index (χ0n) is 11.5. The molecule has 4 heteroatoms. The molecule has 0 aliphatic rings. The number of benzene rings is 1. The van der Waals surface area contributed by atoms with Crippen molar-refractivity contribution in [3.8, 4) is 0 Å². The number of nitrogens with zero attached hydrogens (tertiary/aromatic N) is 1. The van der Waals surface area contributed by atoms with Crippen LogP contribution in [0.3, 0.4) is 0 Å². The van der Waals surface area contributed by atoms with Crippen molar-refractivity contribution in [3.05, 3.63) is 35.4 Å². The molecule has 0 radical (unpaired) electrons. The second-order valence-electron chi connectivity index (χ2n) is 4.83. The van der Waals surface area contributed by atoms with Gasteiger partial charge < -0.3 is 10.6 Å². The Labute approximate surface area is 116 Å². The summed E-state index contributed by atoms with van der Waals surface area (Å²) >= 11 is 0. The van der Waals surface area contributed by atoms with E-state index < -0.39 is 0 Å². The molecule has 0 bridgehead atoms. The monoisotopic (exact) mass is 270 g/mol. The third-order valence-electron chi connectivity index (χ3n) is 3.09. The Hall–Kier alpha value is -1.06. The Morgan fingerprint density at radius 2 is 1.78 bits per heavy atom. The quantitative estimate of drug-likeness (QED) is 0.913. The van der Waals surface area contributed by atoms with Crippen LogP contribution >= 0.6 is 12.4 Å². The van der Waals surface area contributed by atoms with Crippen molar-refractivity contribution in [2.75, 3.05) is 7.05 Å². The lowest BCUT2D eigenvalue weighted by atomic mass is 10.0. The average Bonchev–Trinajstić information content (AvgIpc) is 2.30. The van der Waals surface area contributed by atoms with E-state index in [1.165, 1.54) is 5.56 Å². The molecular weight excluding hydrogens is 248 g/mol. The Morgan fingerprint density at radius 3 is 2.22 bits per heavy atom. The Morgan fingerprint density at radius 1 is 1.28 bits per heavy atom. The maximum atomic E-state index is 12.0. The smallest absolute Gasteiger partial charge is 0.226 e. The molecule has 0 aromatic heterocycles. The molecule has 1 rings (SSSR count). The van der Waals surface area contributed by atoms with Gasteiger partial charge in [-0.05, 0) is 19.4 Å². The fraction of sp³-hybridized carbons (Fsp3) is 0.500. The number of carbonyl (C=O) groups is 1. The molecule has 0 fully saturated rings. The molecule has 1 aromatic rings. The topological polar surface area (TPSA) is 46.3 Å². The SMILES string of the molecule is Cc1ccc(CN(C)C(=O)C(C)C(C)N)cc1.Cl. The summed E-state index contributed by atoms with van der Waals surface area (Å²) < 4.78 is 0. The second kappa shape index (κ2) is 7.39. The first-order valence-electron chi connectivity index (χ1n) is 5.98. The summed E-state index contributed by atoms with van der Waals surface area (Å²) in [5.74, 6) is -0.0361. The van der Waals surface area contributed by atoms with Gasteiger partial charge in [-0.15, -0.1) is 12.4 Å². The number of halogens is 1. The standard InChI is InChI=1S/C14H22N2O.ClH/c1-10-5-7-13(8-6-10)9-16(4)14(17)11(2)12(3)15;/h5-8,11-12H,9,15H2,1-4H3;1H. The first-order valence-corrected chi connectivity index (χ1v) is 5.98. The normalized spacial score (nSPS) is 13.4.